The minimum atomic E-state index is -2.46. The lowest BCUT2D eigenvalue weighted by atomic mass is 9.82. The number of esters is 2. The summed E-state index contributed by atoms with van der Waals surface area (Å²) in [6.07, 6.45) is -1.47. The minimum absolute atomic E-state index is 0.0518. The summed E-state index contributed by atoms with van der Waals surface area (Å²) in [5.41, 5.74) is 1.35. The lowest BCUT2D eigenvalue weighted by Gasteiger charge is -2.39. The molecule has 6 atom stereocenters. The Kier molecular flexibility index (Phi) is 9.65. The van der Waals surface area contributed by atoms with Gasteiger partial charge in [0.05, 0.1) is 46.4 Å². The first kappa shape index (κ1) is 37.3. The van der Waals surface area contributed by atoms with Crippen molar-refractivity contribution in [2.24, 2.45) is 5.92 Å². The van der Waals surface area contributed by atoms with Gasteiger partial charge in [-0.1, -0.05) is 49.5 Å². The number of anilines is 3. The number of ether oxygens (including phenoxy) is 4. The fraction of sp³-hybridized carbons (Fsp3) is 0.425. The van der Waals surface area contributed by atoms with Crippen molar-refractivity contribution in [2.45, 2.75) is 89.4 Å². The van der Waals surface area contributed by atoms with E-state index in [1.165, 1.54) is 23.6 Å². The predicted octanol–water partition coefficient (Wildman–Crippen LogP) is 4.09. The molecular formula is C40H45N3O10Si. The Morgan fingerprint density at radius 2 is 1.50 bits per heavy atom. The number of benzene rings is 3. The first-order valence-corrected chi connectivity index (χ1v) is 21.3. The summed E-state index contributed by atoms with van der Waals surface area (Å²) >= 11 is 0. The minimum Gasteiger partial charge on any atom is -0.497 e. The maximum Gasteiger partial charge on any atom is 0.304 e. The van der Waals surface area contributed by atoms with Gasteiger partial charge in [0.1, 0.15) is 5.75 Å². The summed E-state index contributed by atoms with van der Waals surface area (Å²) in [6, 6.07) is 20.6. The number of rotatable bonds is 11. The Bertz CT molecular complexity index is 2020. The second-order valence-electron chi connectivity index (χ2n) is 15.0. The van der Waals surface area contributed by atoms with Crippen LogP contribution in [-0.4, -0.2) is 75.1 Å². The molecule has 284 valence electrons. The first-order chi connectivity index (χ1) is 25.7. The van der Waals surface area contributed by atoms with Gasteiger partial charge in [0.15, 0.2) is 18.1 Å². The number of β-lactam (4-membered cyclic amide) rings is 2. The molecule has 1 spiro atoms. The van der Waals surface area contributed by atoms with Gasteiger partial charge in [-0.25, -0.2) is 0 Å². The van der Waals surface area contributed by atoms with E-state index in [1.807, 2.05) is 25.1 Å². The van der Waals surface area contributed by atoms with Gasteiger partial charge in [-0.15, -0.1) is 0 Å². The maximum absolute atomic E-state index is 15.3. The van der Waals surface area contributed by atoms with Gasteiger partial charge in [0.25, 0.3) is 5.91 Å². The van der Waals surface area contributed by atoms with Crippen molar-refractivity contribution in [1.29, 1.82) is 0 Å². The van der Waals surface area contributed by atoms with Crippen molar-refractivity contribution in [3.05, 3.63) is 77.9 Å². The SMILES string of the molecule is COc1ccc([Si](C)(C)[C@@H]2[C@@H](CCO)O[C@]3(C(=O)N(Cc4cccc(N5C(=O)CC5OC(C)=O)c4)c4ccc(N5C(=O)CC5OC(C)=O)cc43)[C@H]2C)cc1. The molecule has 54 heavy (non-hydrogen) atoms. The Labute approximate surface area is 314 Å². The van der Waals surface area contributed by atoms with Gasteiger partial charge in [-0.3, -0.25) is 33.8 Å². The molecule has 2 unspecified atom stereocenters. The molecular weight excluding hydrogens is 711 g/mol. The van der Waals surface area contributed by atoms with Crippen LogP contribution in [0.5, 0.6) is 5.75 Å². The van der Waals surface area contributed by atoms with Crippen LogP contribution in [0.4, 0.5) is 17.1 Å². The van der Waals surface area contributed by atoms with E-state index < -0.39 is 44.2 Å². The van der Waals surface area contributed by atoms with Crippen LogP contribution in [0.2, 0.25) is 18.6 Å². The molecule has 1 N–H and O–H groups in total. The van der Waals surface area contributed by atoms with Crippen LogP contribution in [0.1, 0.15) is 51.2 Å². The highest BCUT2D eigenvalue weighted by atomic mass is 28.3. The molecule has 3 aromatic rings. The van der Waals surface area contributed by atoms with E-state index in [1.54, 1.807) is 48.4 Å². The van der Waals surface area contributed by atoms with E-state index in [9.17, 15) is 24.3 Å². The van der Waals surface area contributed by atoms with Crippen molar-refractivity contribution in [1.82, 2.24) is 0 Å². The van der Waals surface area contributed by atoms with Crippen molar-refractivity contribution in [3.63, 3.8) is 0 Å². The third-order valence-corrected chi connectivity index (χ3v) is 15.8. The lowest BCUT2D eigenvalue weighted by Crippen LogP contribution is -2.55. The number of fused-ring (bicyclic) bond motifs is 2. The van der Waals surface area contributed by atoms with E-state index >= 15 is 4.79 Å². The molecule has 0 radical (unpaired) electrons. The standard InChI is InChI=1S/C40H45N3O10Si/c1-23-38(54(5,6)30-13-11-29(50-4)12-14-30)33(16-17-44)53-40(23)31-19-28(43-35(48)21-37(43)52-25(3)46)10-15-32(31)41(39(40)49)22-26-8-7-9-27(18-26)42-34(47)20-36(42)51-24(2)45/h7-15,18-19,23,33,36-38,44H,16-17,20-22H2,1-6H3/t23-,33+,36?,37?,38-,40+/m0/s1. The molecule has 3 aromatic carbocycles. The molecule has 0 saturated carbocycles. The highest BCUT2D eigenvalue weighted by molar-refractivity contribution is 6.91. The van der Waals surface area contributed by atoms with E-state index in [0.29, 0.717) is 29.0 Å². The molecule has 4 heterocycles. The third-order valence-electron chi connectivity index (χ3n) is 11.5. The number of aliphatic hydroxyl groups is 1. The normalized spacial score (nSPS) is 26.1. The zero-order valence-corrected chi connectivity index (χ0v) is 32.2. The van der Waals surface area contributed by atoms with Crippen LogP contribution in [-0.2, 0) is 50.3 Å². The van der Waals surface area contributed by atoms with Crippen LogP contribution >= 0.6 is 0 Å². The van der Waals surface area contributed by atoms with Gasteiger partial charge in [0.2, 0.25) is 11.8 Å². The number of carbonyl (C=O) groups excluding carboxylic acids is 5. The fourth-order valence-corrected chi connectivity index (χ4v) is 13.0. The van der Waals surface area contributed by atoms with E-state index in [0.717, 1.165) is 16.5 Å². The highest BCUT2D eigenvalue weighted by Gasteiger charge is 2.66. The Morgan fingerprint density at radius 3 is 2.06 bits per heavy atom. The molecule has 13 nitrogen and oxygen atoms in total. The van der Waals surface area contributed by atoms with Gasteiger partial charge >= 0.3 is 11.9 Å². The van der Waals surface area contributed by atoms with Gasteiger partial charge in [-0.2, -0.15) is 0 Å². The monoisotopic (exact) mass is 755 g/mol. The van der Waals surface area contributed by atoms with Crippen LogP contribution < -0.4 is 24.6 Å². The van der Waals surface area contributed by atoms with Gasteiger partial charge in [0, 0.05) is 43.3 Å². The van der Waals surface area contributed by atoms with Gasteiger partial charge in [-0.05, 0) is 60.0 Å². The van der Waals surface area contributed by atoms with Crippen molar-refractivity contribution < 1.29 is 48.0 Å². The topological polar surface area (TPSA) is 152 Å². The van der Waals surface area contributed by atoms with E-state index in [4.69, 9.17) is 18.9 Å². The molecule has 0 bridgehead atoms. The third kappa shape index (κ3) is 6.05. The molecule has 4 aliphatic rings. The summed E-state index contributed by atoms with van der Waals surface area (Å²) in [5.74, 6) is -1.30. The Morgan fingerprint density at radius 1 is 0.889 bits per heavy atom. The Balaban J connectivity index is 1.31. The van der Waals surface area contributed by atoms with Crippen LogP contribution in [0, 0.1) is 5.92 Å². The number of hydrogen-bond acceptors (Lipinski definition) is 10. The summed E-state index contributed by atoms with van der Waals surface area (Å²) in [7, 11) is -0.836. The van der Waals surface area contributed by atoms with Gasteiger partial charge < -0.3 is 29.0 Å². The number of carbonyl (C=O) groups is 5. The molecule has 14 heteroatoms. The average molecular weight is 756 g/mol. The van der Waals surface area contributed by atoms with Crippen LogP contribution in [0.3, 0.4) is 0 Å². The second-order valence-corrected chi connectivity index (χ2v) is 19.7. The summed E-state index contributed by atoms with van der Waals surface area (Å²) in [4.78, 5) is 68.9. The maximum atomic E-state index is 15.3. The molecule has 4 aliphatic heterocycles. The Hall–Kier alpha value is -5.05. The van der Waals surface area contributed by atoms with Crippen LogP contribution in [0.25, 0.3) is 0 Å². The molecule has 7 rings (SSSR count). The number of amides is 3. The molecule has 3 saturated heterocycles. The molecule has 3 fully saturated rings. The number of aliphatic hydroxyl groups excluding tert-OH is 1. The predicted molar refractivity (Wildman–Crippen MR) is 201 cm³/mol. The quantitative estimate of drug-likeness (QED) is 0.172. The smallest absolute Gasteiger partial charge is 0.304 e. The van der Waals surface area contributed by atoms with E-state index in [2.05, 4.69) is 25.2 Å². The molecule has 0 aromatic heterocycles. The fourth-order valence-electron chi connectivity index (χ4n) is 8.96. The van der Waals surface area contributed by atoms with Crippen molar-refractivity contribution in [2.75, 3.05) is 28.4 Å². The van der Waals surface area contributed by atoms with Crippen molar-refractivity contribution >= 4 is 60.0 Å². The van der Waals surface area contributed by atoms with E-state index in [-0.39, 0.29) is 55.2 Å². The number of hydrogen-bond donors (Lipinski definition) is 1. The molecule has 0 aliphatic carbocycles. The largest absolute Gasteiger partial charge is 0.497 e. The number of methoxy groups -OCH3 is 1. The summed E-state index contributed by atoms with van der Waals surface area (Å²) in [6.45, 7) is 9.14. The highest BCUT2D eigenvalue weighted by Crippen LogP contribution is 2.60. The summed E-state index contributed by atoms with van der Waals surface area (Å²) < 4.78 is 23.3. The number of nitrogens with zero attached hydrogens (tertiary/aromatic N) is 3. The second kappa shape index (κ2) is 14.0. The molecule has 3 amide bonds. The van der Waals surface area contributed by atoms with Crippen molar-refractivity contribution in [3.8, 4) is 5.75 Å². The van der Waals surface area contributed by atoms with Crippen LogP contribution in [0.15, 0.2) is 66.7 Å². The first-order valence-electron chi connectivity index (χ1n) is 18.2. The lowest BCUT2D eigenvalue weighted by molar-refractivity contribution is -0.155. The average Bonchev–Trinajstić information content (AvgIpc) is 3.53. The zero-order chi connectivity index (χ0) is 38.7. The zero-order valence-electron chi connectivity index (χ0n) is 31.2. The summed E-state index contributed by atoms with van der Waals surface area (Å²) in [5, 5.41) is 11.5.